The molecule has 10 rings (SSSR count). The Balaban J connectivity index is 1.44. The molecule has 0 bridgehead atoms. The Kier molecular flexibility index (Phi) is 4.75. The highest BCUT2D eigenvalue weighted by molar-refractivity contribution is 6.31. The summed E-state index contributed by atoms with van der Waals surface area (Å²) in [6, 6.07) is 51.8. The molecule has 0 radical (unpaired) electrons. The molecule has 0 fully saturated rings. The molecule has 0 spiro atoms. The van der Waals surface area contributed by atoms with Crippen molar-refractivity contribution in [1.29, 1.82) is 0 Å². The maximum absolute atomic E-state index is 6.70. The molecule has 0 N–H and O–H groups in total. The van der Waals surface area contributed by atoms with Crippen molar-refractivity contribution in [3.05, 3.63) is 146 Å². The molecule has 2 heterocycles. The fraction of sp³-hybridized carbons (Fsp3) is 0. The van der Waals surface area contributed by atoms with Crippen LogP contribution in [-0.2, 0) is 0 Å². The van der Waals surface area contributed by atoms with Gasteiger partial charge >= 0.3 is 0 Å². The van der Waals surface area contributed by atoms with Gasteiger partial charge in [-0.15, -0.1) is 0 Å². The van der Waals surface area contributed by atoms with E-state index in [1.54, 1.807) is 0 Å². The highest BCUT2D eigenvalue weighted by Crippen LogP contribution is 2.50. The third-order valence-electron chi connectivity index (χ3n) is 9.25. The quantitative estimate of drug-likeness (QED) is 0.197. The summed E-state index contributed by atoms with van der Waals surface area (Å²) in [6.07, 6.45) is 0. The molecule has 0 unspecified atom stereocenters. The zero-order valence-corrected chi connectivity index (χ0v) is 23.7. The highest BCUT2D eigenvalue weighted by atomic mass is 16.3. The number of para-hydroxylation sites is 2. The van der Waals surface area contributed by atoms with Gasteiger partial charge in [-0.05, 0) is 72.8 Å². The summed E-state index contributed by atoms with van der Waals surface area (Å²) in [7, 11) is 0. The third-order valence-corrected chi connectivity index (χ3v) is 9.25. The predicted molar refractivity (Wildman–Crippen MR) is 184 cm³/mol. The van der Waals surface area contributed by atoms with Gasteiger partial charge in [-0.25, -0.2) is 0 Å². The first-order valence-electron chi connectivity index (χ1n) is 15.0. The van der Waals surface area contributed by atoms with Crippen molar-refractivity contribution in [2.75, 3.05) is 0 Å². The Morgan fingerprint density at radius 1 is 0.318 bits per heavy atom. The van der Waals surface area contributed by atoms with Crippen molar-refractivity contribution in [2.24, 2.45) is 0 Å². The molecular weight excluding hydrogens is 536 g/mol. The highest BCUT2D eigenvalue weighted by Gasteiger charge is 2.24. The van der Waals surface area contributed by atoms with Gasteiger partial charge in [-0.2, -0.15) is 0 Å². The van der Waals surface area contributed by atoms with Crippen LogP contribution in [0.15, 0.2) is 154 Å². The van der Waals surface area contributed by atoms with Crippen LogP contribution in [0.25, 0.3) is 98.4 Å². The largest absolute Gasteiger partial charge is 0.456 e. The molecule has 0 amide bonds. The number of furan rings is 2. The lowest BCUT2D eigenvalue weighted by Crippen LogP contribution is -1.92. The second kappa shape index (κ2) is 8.82. The van der Waals surface area contributed by atoms with Crippen LogP contribution in [0.1, 0.15) is 0 Å². The number of benzene rings is 8. The van der Waals surface area contributed by atoms with E-state index in [2.05, 4.69) is 127 Å². The smallest absolute Gasteiger partial charge is 0.147 e. The maximum Gasteiger partial charge on any atom is 0.147 e. The molecule has 10 aromatic rings. The second-order valence-electron chi connectivity index (χ2n) is 11.6. The van der Waals surface area contributed by atoms with Crippen LogP contribution in [0.4, 0.5) is 0 Å². The molecule has 0 aliphatic carbocycles. The van der Waals surface area contributed by atoms with Crippen LogP contribution >= 0.6 is 0 Å². The zero-order valence-electron chi connectivity index (χ0n) is 23.7. The average Bonchev–Trinajstić information content (AvgIpc) is 3.65. The third kappa shape index (κ3) is 3.14. The van der Waals surface area contributed by atoms with E-state index in [1.165, 1.54) is 49.0 Å². The van der Waals surface area contributed by atoms with Gasteiger partial charge < -0.3 is 8.83 Å². The first-order valence-corrected chi connectivity index (χ1v) is 15.0. The molecule has 8 aromatic carbocycles. The Bertz CT molecular complexity index is 2710. The van der Waals surface area contributed by atoms with Crippen LogP contribution in [0, 0.1) is 0 Å². The first-order chi connectivity index (χ1) is 21.8. The van der Waals surface area contributed by atoms with Crippen LogP contribution in [-0.4, -0.2) is 0 Å². The summed E-state index contributed by atoms with van der Waals surface area (Å²) in [5, 5.41) is 11.7. The summed E-state index contributed by atoms with van der Waals surface area (Å²) in [6.45, 7) is 0. The van der Waals surface area contributed by atoms with Gasteiger partial charge in [0, 0.05) is 16.2 Å². The monoisotopic (exact) mass is 560 g/mol. The Morgan fingerprint density at radius 2 is 0.795 bits per heavy atom. The van der Waals surface area contributed by atoms with E-state index in [4.69, 9.17) is 8.83 Å². The normalized spacial score (nSPS) is 12.1. The minimum absolute atomic E-state index is 0.832. The Hall–Kier alpha value is -5.86. The standard InChI is InChI=1S/C42H24O2/c1-2-14-26-25(12-1)13-11-21-27(26)38-28-15-3-5-17-30(28)39(31-18-6-4-16-29(31)38)34-24-37-41(33-20-8-9-22-35(33)43-37)42-40(34)32-19-7-10-23-36(32)44-42/h1-24H. The van der Waals surface area contributed by atoms with E-state index in [-0.39, 0.29) is 0 Å². The number of rotatable bonds is 2. The van der Waals surface area contributed by atoms with Gasteiger partial charge in [-0.1, -0.05) is 127 Å². The molecule has 0 saturated heterocycles. The van der Waals surface area contributed by atoms with Crippen LogP contribution in [0.5, 0.6) is 0 Å². The molecule has 0 aliphatic rings. The zero-order chi connectivity index (χ0) is 28.8. The van der Waals surface area contributed by atoms with Crippen molar-refractivity contribution in [2.45, 2.75) is 0 Å². The molecule has 44 heavy (non-hydrogen) atoms. The van der Waals surface area contributed by atoms with Crippen LogP contribution < -0.4 is 0 Å². The van der Waals surface area contributed by atoms with Gasteiger partial charge in [0.2, 0.25) is 0 Å². The molecule has 0 atom stereocenters. The molecule has 0 saturated carbocycles. The average molecular weight is 561 g/mol. The summed E-state index contributed by atoms with van der Waals surface area (Å²) >= 11 is 0. The number of hydrogen-bond acceptors (Lipinski definition) is 2. The fourth-order valence-electron chi connectivity index (χ4n) is 7.44. The van der Waals surface area contributed by atoms with Gasteiger partial charge in [0.15, 0.2) is 0 Å². The molecular formula is C42H24O2. The van der Waals surface area contributed by atoms with E-state index in [0.717, 1.165) is 49.4 Å². The first kappa shape index (κ1) is 23.7. The summed E-state index contributed by atoms with van der Waals surface area (Å²) in [5.74, 6) is 0. The van der Waals surface area contributed by atoms with Gasteiger partial charge in [0.1, 0.15) is 22.3 Å². The topological polar surface area (TPSA) is 26.3 Å². The SMILES string of the molecule is c1ccc2c(-c3c4ccccc4c(-c4cc5oc6ccccc6c5c5oc6ccccc6c45)c4ccccc34)cccc2c1. The van der Waals surface area contributed by atoms with E-state index < -0.39 is 0 Å². The minimum Gasteiger partial charge on any atom is -0.456 e. The fourth-order valence-corrected chi connectivity index (χ4v) is 7.44. The summed E-state index contributed by atoms with van der Waals surface area (Å²) in [5.41, 5.74) is 8.26. The van der Waals surface area contributed by atoms with Gasteiger partial charge in [0.05, 0.1) is 5.39 Å². The second-order valence-corrected chi connectivity index (χ2v) is 11.6. The van der Waals surface area contributed by atoms with E-state index in [0.29, 0.717) is 0 Å². The van der Waals surface area contributed by atoms with Crippen LogP contribution in [0.3, 0.4) is 0 Å². The molecule has 2 nitrogen and oxygen atoms in total. The van der Waals surface area contributed by atoms with Crippen molar-refractivity contribution >= 4 is 76.2 Å². The van der Waals surface area contributed by atoms with Crippen molar-refractivity contribution in [1.82, 2.24) is 0 Å². The lowest BCUT2D eigenvalue weighted by Gasteiger charge is -2.19. The number of hydrogen-bond donors (Lipinski definition) is 0. The molecule has 2 heteroatoms. The molecule has 204 valence electrons. The van der Waals surface area contributed by atoms with E-state index >= 15 is 0 Å². The van der Waals surface area contributed by atoms with Crippen LogP contribution in [0.2, 0.25) is 0 Å². The van der Waals surface area contributed by atoms with E-state index in [9.17, 15) is 0 Å². The van der Waals surface area contributed by atoms with Gasteiger partial charge in [0.25, 0.3) is 0 Å². The molecule has 0 aliphatic heterocycles. The van der Waals surface area contributed by atoms with E-state index in [1.807, 2.05) is 18.2 Å². The van der Waals surface area contributed by atoms with Gasteiger partial charge in [-0.3, -0.25) is 0 Å². The molecule has 2 aromatic heterocycles. The minimum atomic E-state index is 0.832. The lowest BCUT2D eigenvalue weighted by molar-refractivity contribution is 0.663. The summed E-state index contributed by atoms with van der Waals surface area (Å²) < 4.78 is 13.2. The predicted octanol–water partition coefficient (Wildman–Crippen LogP) is 12.3. The lowest BCUT2D eigenvalue weighted by atomic mass is 9.83. The van der Waals surface area contributed by atoms with Crippen molar-refractivity contribution in [3.63, 3.8) is 0 Å². The Labute approximate surface area is 252 Å². The Morgan fingerprint density at radius 3 is 1.45 bits per heavy atom. The van der Waals surface area contributed by atoms with Crippen molar-refractivity contribution in [3.8, 4) is 22.3 Å². The number of fused-ring (bicyclic) bond motifs is 10. The summed E-state index contributed by atoms with van der Waals surface area (Å²) in [4.78, 5) is 0. The van der Waals surface area contributed by atoms with Crippen molar-refractivity contribution < 1.29 is 8.83 Å². The maximum atomic E-state index is 6.70.